The predicted molar refractivity (Wildman–Crippen MR) is 46.8 cm³/mol. The second-order valence-corrected chi connectivity index (χ2v) is 2.97. The van der Waals surface area contributed by atoms with Gasteiger partial charge in [-0.2, -0.15) is 0 Å². The Balaban J connectivity index is 2.72. The molecule has 0 aliphatic rings. The molecule has 4 heteroatoms. The summed E-state index contributed by atoms with van der Waals surface area (Å²) in [7, 11) is 0. The van der Waals surface area contributed by atoms with E-state index in [1.54, 1.807) is 6.92 Å². The Morgan fingerprint density at radius 3 is 2.85 bits per heavy atom. The van der Waals surface area contributed by atoms with Gasteiger partial charge >= 0.3 is 0 Å². The summed E-state index contributed by atoms with van der Waals surface area (Å²) in [5, 5.41) is 0. The summed E-state index contributed by atoms with van der Waals surface area (Å²) in [6.45, 7) is 1.74. The highest BCUT2D eigenvalue weighted by atomic mass is 19.1. The molecule has 13 heavy (non-hydrogen) atoms. The van der Waals surface area contributed by atoms with E-state index in [-0.39, 0.29) is 23.9 Å². The highest BCUT2D eigenvalue weighted by Crippen LogP contribution is 2.02. The van der Waals surface area contributed by atoms with E-state index in [1.165, 1.54) is 12.1 Å². The minimum atomic E-state index is -0.447. The number of carbonyl (C=O) groups is 1. The van der Waals surface area contributed by atoms with Crippen molar-refractivity contribution in [3.05, 3.63) is 29.8 Å². The van der Waals surface area contributed by atoms with Crippen LogP contribution in [0.3, 0.4) is 0 Å². The molecule has 0 saturated heterocycles. The van der Waals surface area contributed by atoms with Gasteiger partial charge in [0, 0.05) is 12.5 Å². The van der Waals surface area contributed by atoms with E-state index >= 15 is 0 Å². The van der Waals surface area contributed by atoms with E-state index in [2.05, 4.69) is 4.98 Å². The van der Waals surface area contributed by atoms with Gasteiger partial charge in [-0.25, -0.2) is 4.39 Å². The predicted octanol–water partition coefficient (Wildman–Crippen LogP) is 1.14. The smallest absolute Gasteiger partial charge is 0.182 e. The van der Waals surface area contributed by atoms with E-state index < -0.39 is 5.82 Å². The average molecular weight is 182 g/mol. The summed E-state index contributed by atoms with van der Waals surface area (Å²) in [5.74, 6) is -0.604. The number of nitrogens with zero attached hydrogens (tertiary/aromatic N) is 1. The number of halogens is 1. The standard InChI is InChI=1S/C9H11FN2O/c1-6(11)4-9(13)8-3-2-7(10)5-12-8/h2-3,5-6H,4,11H2,1H3. The van der Waals surface area contributed by atoms with Crippen LogP contribution in [0.5, 0.6) is 0 Å². The summed E-state index contributed by atoms with van der Waals surface area (Å²) in [6.07, 6.45) is 1.26. The zero-order valence-electron chi connectivity index (χ0n) is 7.33. The summed E-state index contributed by atoms with van der Waals surface area (Å²) in [5.41, 5.74) is 5.70. The SMILES string of the molecule is CC(N)CC(=O)c1ccc(F)cn1. The Bertz CT molecular complexity index is 295. The summed E-state index contributed by atoms with van der Waals surface area (Å²) in [6, 6.07) is 2.38. The molecule has 1 unspecified atom stereocenters. The number of hydrogen-bond donors (Lipinski definition) is 1. The minimum absolute atomic E-state index is 0.157. The lowest BCUT2D eigenvalue weighted by Gasteiger charge is -2.02. The second kappa shape index (κ2) is 4.09. The van der Waals surface area contributed by atoms with Gasteiger partial charge in [0.05, 0.1) is 6.20 Å². The summed E-state index contributed by atoms with van der Waals surface area (Å²) >= 11 is 0. The zero-order valence-corrected chi connectivity index (χ0v) is 7.33. The van der Waals surface area contributed by atoms with Crippen LogP contribution in [0.2, 0.25) is 0 Å². The van der Waals surface area contributed by atoms with Gasteiger partial charge in [0.2, 0.25) is 0 Å². The van der Waals surface area contributed by atoms with Crippen LogP contribution in [0.25, 0.3) is 0 Å². The first-order valence-corrected chi connectivity index (χ1v) is 4.00. The number of carbonyl (C=O) groups excluding carboxylic acids is 1. The number of hydrogen-bond acceptors (Lipinski definition) is 3. The normalized spacial score (nSPS) is 12.5. The Kier molecular flexibility index (Phi) is 3.08. The molecule has 1 atom stereocenters. The molecule has 0 amide bonds. The number of aromatic nitrogens is 1. The van der Waals surface area contributed by atoms with Gasteiger partial charge in [0.15, 0.2) is 5.78 Å². The fourth-order valence-electron chi connectivity index (χ4n) is 0.938. The van der Waals surface area contributed by atoms with Crippen LogP contribution in [0.15, 0.2) is 18.3 Å². The van der Waals surface area contributed by atoms with Gasteiger partial charge in [-0.1, -0.05) is 0 Å². The molecule has 1 heterocycles. The molecular formula is C9H11FN2O. The maximum absolute atomic E-state index is 12.4. The van der Waals surface area contributed by atoms with E-state index in [9.17, 15) is 9.18 Å². The lowest BCUT2D eigenvalue weighted by atomic mass is 10.1. The Morgan fingerprint density at radius 1 is 1.69 bits per heavy atom. The van der Waals surface area contributed by atoms with E-state index in [0.717, 1.165) is 6.20 Å². The van der Waals surface area contributed by atoms with E-state index in [4.69, 9.17) is 5.73 Å². The third kappa shape index (κ3) is 2.91. The van der Waals surface area contributed by atoms with Crippen LogP contribution >= 0.6 is 0 Å². The number of rotatable bonds is 3. The Labute approximate surface area is 75.8 Å². The van der Waals surface area contributed by atoms with Gasteiger partial charge in [0.1, 0.15) is 11.5 Å². The van der Waals surface area contributed by atoms with Crippen molar-refractivity contribution in [2.24, 2.45) is 5.73 Å². The minimum Gasteiger partial charge on any atom is -0.328 e. The zero-order chi connectivity index (χ0) is 9.84. The molecule has 2 N–H and O–H groups in total. The van der Waals surface area contributed by atoms with Crippen molar-refractivity contribution in [2.45, 2.75) is 19.4 Å². The van der Waals surface area contributed by atoms with Crippen LogP contribution in [0.4, 0.5) is 4.39 Å². The number of ketones is 1. The van der Waals surface area contributed by atoms with Crippen molar-refractivity contribution in [3.63, 3.8) is 0 Å². The van der Waals surface area contributed by atoms with Gasteiger partial charge in [-0.15, -0.1) is 0 Å². The number of nitrogens with two attached hydrogens (primary N) is 1. The lowest BCUT2D eigenvalue weighted by molar-refractivity contribution is 0.0971. The van der Waals surface area contributed by atoms with Crippen molar-refractivity contribution in [2.75, 3.05) is 0 Å². The molecule has 0 spiro atoms. The average Bonchev–Trinajstić information content (AvgIpc) is 2.04. The molecule has 0 aliphatic heterocycles. The fraction of sp³-hybridized carbons (Fsp3) is 0.333. The topological polar surface area (TPSA) is 56.0 Å². The second-order valence-electron chi connectivity index (χ2n) is 2.97. The van der Waals surface area contributed by atoms with Crippen LogP contribution in [0, 0.1) is 5.82 Å². The van der Waals surface area contributed by atoms with Crippen molar-refractivity contribution in [3.8, 4) is 0 Å². The van der Waals surface area contributed by atoms with Gasteiger partial charge < -0.3 is 5.73 Å². The molecule has 0 fully saturated rings. The van der Waals surface area contributed by atoms with Crippen LogP contribution < -0.4 is 5.73 Å². The molecule has 0 aromatic carbocycles. The highest BCUT2D eigenvalue weighted by molar-refractivity contribution is 5.94. The van der Waals surface area contributed by atoms with Gasteiger partial charge in [-0.05, 0) is 19.1 Å². The molecule has 1 aromatic heterocycles. The molecule has 0 radical (unpaired) electrons. The molecule has 1 rings (SSSR count). The highest BCUT2D eigenvalue weighted by Gasteiger charge is 2.09. The first-order valence-electron chi connectivity index (χ1n) is 4.00. The lowest BCUT2D eigenvalue weighted by Crippen LogP contribution is -2.20. The van der Waals surface area contributed by atoms with E-state index in [0.29, 0.717) is 0 Å². The van der Waals surface area contributed by atoms with Gasteiger partial charge in [-0.3, -0.25) is 9.78 Å². The van der Waals surface area contributed by atoms with Crippen LogP contribution in [-0.2, 0) is 0 Å². The molecule has 0 aliphatic carbocycles. The molecule has 0 saturated carbocycles. The first-order chi connectivity index (χ1) is 6.09. The monoisotopic (exact) mass is 182 g/mol. The van der Waals surface area contributed by atoms with Crippen LogP contribution in [-0.4, -0.2) is 16.8 Å². The number of pyridine rings is 1. The fourth-order valence-corrected chi connectivity index (χ4v) is 0.938. The quantitative estimate of drug-likeness (QED) is 0.713. The third-order valence-electron chi connectivity index (χ3n) is 1.52. The largest absolute Gasteiger partial charge is 0.328 e. The van der Waals surface area contributed by atoms with Crippen molar-refractivity contribution in [1.82, 2.24) is 4.98 Å². The van der Waals surface area contributed by atoms with Gasteiger partial charge in [0.25, 0.3) is 0 Å². The van der Waals surface area contributed by atoms with Crippen LogP contribution in [0.1, 0.15) is 23.8 Å². The summed E-state index contributed by atoms with van der Waals surface area (Å²) < 4.78 is 12.4. The Hall–Kier alpha value is -1.29. The maximum atomic E-state index is 12.4. The molecule has 1 aromatic rings. The van der Waals surface area contributed by atoms with Crippen molar-refractivity contribution < 1.29 is 9.18 Å². The van der Waals surface area contributed by atoms with E-state index in [1.807, 2.05) is 0 Å². The molecule has 3 nitrogen and oxygen atoms in total. The molecular weight excluding hydrogens is 171 g/mol. The van der Waals surface area contributed by atoms with Crippen molar-refractivity contribution >= 4 is 5.78 Å². The molecule has 70 valence electrons. The number of Topliss-reactive ketones (excluding diaryl/α,β-unsaturated/α-hetero) is 1. The van der Waals surface area contributed by atoms with Crippen molar-refractivity contribution in [1.29, 1.82) is 0 Å². The first kappa shape index (κ1) is 9.80. The maximum Gasteiger partial charge on any atom is 0.182 e. The third-order valence-corrected chi connectivity index (χ3v) is 1.52. The summed E-state index contributed by atoms with van der Waals surface area (Å²) in [4.78, 5) is 15.0. The Morgan fingerprint density at radius 2 is 2.38 bits per heavy atom. The molecule has 0 bridgehead atoms.